The van der Waals surface area contributed by atoms with E-state index in [9.17, 15) is 13.9 Å². The van der Waals surface area contributed by atoms with Gasteiger partial charge in [0, 0.05) is 31.0 Å². The maximum absolute atomic E-state index is 13.1. The van der Waals surface area contributed by atoms with Gasteiger partial charge in [0.15, 0.2) is 0 Å². The Bertz CT molecular complexity index is 543. The average Bonchev–Trinajstić information content (AvgIpc) is 2.44. The minimum Gasteiger partial charge on any atom is -0.387 e. The van der Waals surface area contributed by atoms with Crippen LogP contribution >= 0.6 is 0 Å². The summed E-state index contributed by atoms with van der Waals surface area (Å²) >= 11 is 0. The molecular formula is C15H16F2N2O. The van der Waals surface area contributed by atoms with E-state index < -0.39 is 17.7 Å². The lowest BCUT2D eigenvalue weighted by Gasteiger charge is -2.18. The lowest BCUT2D eigenvalue weighted by atomic mass is 10.1. The molecule has 3 nitrogen and oxygen atoms in total. The maximum atomic E-state index is 13.1. The predicted molar refractivity (Wildman–Crippen MR) is 72.0 cm³/mol. The molecule has 2 atom stereocenters. The van der Waals surface area contributed by atoms with Crippen molar-refractivity contribution in [3.63, 3.8) is 0 Å². The molecule has 0 radical (unpaired) electrons. The van der Waals surface area contributed by atoms with Crippen LogP contribution in [0.3, 0.4) is 0 Å². The van der Waals surface area contributed by atoms with Gasteiger partial charge in [0.25, 0.3) is 0 Å². The minimum atomic E-state index is -0.696. The van der Waals surface area contributed by atoms with Crippen molar-refractivity contribution in [2.45, 2.75) is 19.1 Å². The number of pyridine rings is 1. The van der Waals surface area contributed by atoms with E-state index in [0.717, 1.165) is 11.6 Å². The number of aliphatic hydroxyl groups excluding tert-OH is 1. The fraction of sp³-hybridized carbons (Fsp3) is 0.267. The third-order valence-corrected chi connectivity index (χ3v) is 3.09. The fourth-order valence-electron chi connectivity index (χ4n) is 1.93. The molecular weight excluding hydrogens is 262 g/mol. The smallest absolute Gasteiger partial charge is 0.126 e. The van der Waals surface area contributed by atoms with Gasteiger partial charge in [-0.1, -0.05) is 0 Å². The Kier molecular flexibility index (Phi) is 4.76. The van der Waals surface area contributed by atoms with Crippen LogP contribution in [-0.4, -0.2) is 16.6 Å². The zero-order valence-corrected chi connectivity index (χ0v) is 11.1. The number of nitrogens with zero attached hydrogens (tertiary/aromatic N) is 1. The Labute approximate surface area is 116 Å². The number of aromatic nitrogens is 1. The van der Waals surface area contributed by atoms with Gasteiger partial charge in [-0.25, -0.2) is 8.78 Å². The third kappa shape index (κ3) is 3.82. The normalized spacial score (nSPS) is 14.0. The molecule has 0 aliphatic carbocycles. The molecule has 0 saturated carbocycles. The van der Waals surface area contributed by atoms with Gasteiger partial charge in [-0.15, -0.1) is 0 Å². The Morgan fingerprint density at radius 3 is 2.30 bits per heavy atom. The highest BCUT2D eigenvalue weighted by atomic mass is 19.1. The van der Waals surface area contributed by atoms with Crippen LogP contribution in [0.2, 0.25) is 0 Å². The summed E-state index contributed by atoms with van der Waals surface area (Å²) in [6.07, 6.45) is 2.51. The molecule has 106 valence electrons. The van der Waals surface area contributed by atoms with Crippen LogP contribution in [-0.2, 0) is 0 Å². The van der Waals surface area contributed by atoms with Crippen molar-refractivity contribution in [3.05, 3.63) is 65.5 Å². The number of aliphatic hydroxyl groups is 1. The van der Waals surface area contributed by atoms with Crippen LogP contribution in [0.1, 0.15) is 30.2 Å². The van der Waals surface area contributed by atoms with Crippen LogP contribution in [0.25, 0.3) is 0 Å². The number of nitrogens with one attached hydrogen (secondary N) is 1. The molecule has 2 rings (SSSR count). The quantitative estimate of drug-likeness (QED) is 0.884. The first-order valence-corrected chi connectivity index (χ1v) is 6.33. The number of hydrogen-bond acceptors (Lipinski definition) is 3. The molecule has 1 aromatic heterocycles. The van der Waals surface area contributed by atoms with Crippen LogP contribution in [0.15, 0.2) is 42.7 Å². The van der Waals surface area contributed by atoms with Crippen molar-refractivity contribution in [1.82, 2.24) is 10.3 Å². The van der Waals surface area contributed by atoms with Crippen LogP contribution in [0.4, 0.5) is 8.78 Å². The molecule has 20 heavy (non-hydrogen) atoms. The van der Waals surface area contributed by atoms with Gasteiger partial charge in [-0.2, -0.15) is 0 Å². The molecule has 1 aromatic carbocycles. The van der Waals surface area contributed by atoms with Crippen molar-refractivity contribution in [2.24, 2.45) is 0 Å². The molecule has 0 amide bonds. The lowest BCUT2D eigenvalue weighted by molar-refractivity contribution is 0.170. The number of benzene rings is 1. The summed E-state index contributed by atoms with van der Waals surface area (Å²) in [7, 11) is 0. The first-order chi connectivity index (χ1) is 9.56. The zero-order valence-electron chi connectivity index (χ0n) is 11.1. The third-order valence-electron chi connectivity index (χ3n) is 3.09. The first kappa shape index (κ1) is 14.6. The standard InChI is InChI=1S/C15H16F2N2O/c1-10(12-6-13(16)8-14(17)7-12)19-9-15(20)11-2-4-18-5-3-11/h2-8,10,15,19-20H,9H2,1H3. The van der Waals surface area contributed by atoms with Gasteiger partial charge in [0.05, 0.1) is 6.10 Å². The largest absolute Gasteiger partial charge is 0.387 e. The van der Waals surface area contributed by atoms with Crippen molar-refractivity contribution in [1.29, 1.82) is 0 Å². The summed E-state index contributed by atoms with van der Waals surface area (Å²) < 4.78 is 26.3. The molecule has 0 spiro atoms. The van der Waals surface area contributed by atoms with Crippen molar-refractivity contribution < 1.29 is 13.9 Å². The fourth-order valence-corrected chi connectivity index (χ4v) is 1.93. The molecule has 0 saturated heterocycles. The molecule has 0 bridgehead atoms. The highest BCUT2D eigenvalue weighted by molar-refractivity contribution is 5.21. The monoisotopic (exact) mass is 278 g/mol. The average molecular weight is 278 g/mol. The molecule has 2 aromatic rings. The van der Waals surface area contributed by atoms with Crippen molar-refractivity contribution in [2.75, 3.05) is 6.54 Å². The Morgan fingerprint density at radius 2 is 1.70 bits per heavy atom. The molecule has 1 heterocycles. The van der Waals surface area contributed by atoms with Gasteiger partial charge in [-0.05, 0) is 42.3 Å². The summed E-state index contributed by atoms with van der Waals surface area (Å²) in [4.78, 5) is 3.88. The van der Waals surface area contributed by atoms with E-state index in [4.69, 9.17) is 0 Å². The summed E-state index contributed by atoms with van der Waals surface area (Å²) in [6, 6.07) is 6.57. The maximum Gasteiger partial charge on any atom is 0.126 e. The SMILES string of the molecule is CC(NCC(O)c1ccncc1)c1cc(F)cc(F)c1. The van der Waals surface area contributed by atoms with E-state index >= 15 is 0 Å². The lowest BCUT2D eigenvalue weighted by Crippen LogP contribution is -2.24. The predicted octanol–water partition coefficient (Wildman–Crippen LogP) is 2.74. The van der Waals surface area contributed by atoms with Gasteiger partial charge in [0.1, 0.15) is 11.6 Å². The van der Waals surface area contributed by atoms with E-state index in [2.05, 4.69) is 10.3 Å². The highest BCUT2D eigenvalue weighted by Crippen LogP contribution is 2.17. The molecule has 0 aliphatic rings. The topological polar surface area (TPSA) is 45.1 Å². The van der Waals surface area contributed by atoms with E-state index in [0.29, 0.717) is 5.56 Å². The Hall–Kier alpha value is -1.85. The van der Waals surface area contributed by atoms with E-state index in [1.807, 2.05) is 0 Å². The van der Waals surface area contributed by atoms with E-state index in [1.165, 1.54) is 12.1 Å². The second-order valence-electron chi connectivity index (χ2n) is 4.63. The van der Waals surface area contributed by atoms with Gasteiger partial charge < -0.3 is 10.4 Å². The van der Waals surface area contributed by atoms with E-state index in [-0.39, 0.29) is 12.6 Å². The molecule has 0 aliphatic heterocycles. The van der Waals surface area contributed by atoms with Gasteiger partial charge in [0.2, 0.25) is 0 Å². The van der Waals surface area contributed by atoms with Crippen LogP contribution in [0, 0.1) is 11.6 Å². The molecule has 2 unspecified atom stereocenters. The second-order valence-corrected chi connectivity index (χ2v) is 4.63. The van der Waals surface area contributed by atoms with Crippen molar-refractivity contribution >= 4 is 0 Å². The van der Waals surface area contributed by atoms with E-state index in [1.54, 1.807) is 31.5 Å². The molecule has 5 heteroatoms. The molecule has 2 N–H and O–H groups in total. The Morgan fingerprint density at radius 1 is 1.10 bits per heavy atom. The summed E-state index contributed by atoms with van der Waals surface area (Å²) in [5.41, 5.74) is 1.24. The molecule has 0 fully saturated rings. The first-order valence-electron chi connectivity index (χ1n) is 6.33. The number of rotatable bonds is 5. The van der Waals surface area contributed by atoms with Crippen LogP contribution < -0.4 is 5.32 Å². The van der Waals surface area contributed by atoms with Gasteiger partial charge in [-0.3, -0.25) is 4.98 Å². The second kappa shape index (κ2) is 6.54. The zero-order chi connectivity index (χ0) is 14.5. The summed E-state index contributed by atoms with van der Waals surface area (Å²) in [6.45, 7) is 2.07. The summed E-state index contributed by atoms with van der Waals surface area (Å²) in [5, 5.41) is 13.0. The van der Waals surface area contributed by atoms with Crippen molar-refractivity contribution in [3.8, 4) is 0 Å². The Balaban J connectivity index is 1.96. The highest BCUT2D eigenvalue weighted by Gasteiger charge is 2.12. The minimum absolute atomic E-state index is 0.267. The number of hydrogen-bond donors (Lipinski definition) is 2. The number of halogens is 2. The van der Waals surface area contributed by atoms with Crippen LogP contribution in [0.5, 0.6) is 0 Å². The summed E-state index contributed by atoms with van der Waals surface area (Å²) in [5.74, 6) is -1.22. The van der Waals surface area contributed by atoms with Gasteiger partial charge >= 0.3 is 0 Å².